The van der Waals surface area contributed by atoms with Crippen LogP contribution in [0.1, 0.15) is 25.8 Å². The van der Waals surface area contributed by atoms with E-state index in [2.05, 4.69) is 0 Å². The number of hydrogen-bond donors (Lipinski definition) is 1. The van der Waals surface area contributed by atoms with Crippen molar-refractivity contribution < 1.29 is 19.4 Å². The zero-order valence-electron chi connectivity index (χ0n) is 12.1. The van der Waals surface area contributed by atoms with Gasteiger partial charge in [-0.2, -0.15) is 0 Å². The number of benzene rings is 1. The zero-order chi connectivity index (χ0) is 15.1. The van der Waals surface area contributed by atoms with Crippen molar-refractivity contribution in [2.75, 3.05) is 13.7 Å². The quantitative estimate of drug-likeness (QED) is 0.828. The number of carbonyl (C=O) groups is 2. The van der Waals surface area contributed by atoms with Gasteiger partial charge in [0.05, 0.1) is 20.0 Å². The number of nitrogens with zero attached hydrogens (tertiary/aromatic N) is 1. The first-order chi connectivity index (χ1) is 9.47. The molecule has 0 aromatic heterocycles. The fourth-order valence-electron chi connectivity index (χ4n) is 2.12. The smallest absolute Gasteiger partial charge is 0.305 e. The van der Waals surface area contributed by atoms with Gasteiger partial charge in [0.2, 0.25) is 5.91 Å². The van der Waals surface area contributed by atoms with Gasteiger partial charge in [0.1, 0.15) is 5.75 Å². The Morgan fingerprint density at radius 2 is 1.90 bits per heavy atom. The minimum absolute atomic E-state index is 0.0395. The van der Waals surface area contributed by atoms with Crippen LogP contribution in [0.4, 0.5) is 0 Å². The van der Waals surface area contributed by atoms with Crippen LogP contribution in [0.5, 0.6) is 5.75 Å². The number of amides is 1. The van der Waals surface area contributed by atoms with Crippen LogP contribution < -0.4 is 4.74 Å². The molecule has 1 amide bonds. The number of carboxylic acid groups (broad SMARTS) is 1. The van der Waals surface area contributed by atoms with E-state index in [1.165, 1.54) is 0 Å². The third-order valence-electron chi connectivity index (χ3n) is 3.18. The maximum Gasteiger partial charge on any atom is 0.305 e. The lowest BCUT2D eigenvalue weighted by Crippen LogP contribution is -2.40. The average Bonchev–Trinajstić information content (AvgIpc) is 2.39. The van der Waals surface area contributed by atoms with Gasteiger partial charge in [-0.25, -0.2) is 0 Å². The van der Waals surface area contributed by atoms with Gasteiger partial charge < -0.3 is 14.7 Å². The highest BCUT2D eigenvalue weighted by Gasteiger charge is 2.20. The summed E-state index contributed by atoms with van der Waals surface area (Å²) in [5.41, 5.74) is 0.886. The van der Waals surface area contributed by atoms with Crippen LogP contribution in [-0.4, -0.2) is 41.6 Å². The van der Waals surface area contributed by atoms with Crippen LogP contribution in [0.25, 0.3) is 0 Å². The molecule has 5 nitrogen and oxygen atoms in total. The van der Waals surface area contributed by atoms with Crippen molar-refractivity contribution in [3.63, 3.8) is 0 Å². The van der Waals surface area contributed by atoms with Crippen LogP contribution in [0, 0.1) is 0 Å². The molecule has 5 heteroatoms. The summed E-state index contributed by atoms with van der Waals surface area (Å²) in [7, 11) is 1.59. The van der Waals surface area contributed by atoms with E-state index < -0.39 is 5.97 Å². The molecule has 1 unspecified atom stereocenters. The first-order valence-electron chi connectivity index (χ1n) is 6.62. The highest BCUT2D eigenvalue weighted by atomic mass is 16.5. The molecular weight excluding hydrogens is 258 g/mol. The Labute approximate surface area is 119 Å². The lowest BCUT2D eigenvalue weighted by atomic mass is 10.1. The lowest BCUT2D eigenvalue weighted by molar-refractivity contribution is -0.140. The van der Waals surface area contributed by atoms with E-state index in [4.69, 9.17) is 9.84 Å². The van der Waals surface area contributed by atoms with Crippen molar-refractivity contribution in [1.29, 1.82) is 0 Å². The fraction of sp³-hybridized carbons (Fsp3) is 0.467. The molecule has 0 radical (unpaired) electrons. The average molecular weight is 279 g/mol. The second kappa shape index (κ2) is 7.53. The van der Waals surface area contributed by atoms with Crippen LogP contribution in [0.3, 0.4) is 0 Å². The van der Waals surface area contributed by atoms with E-state index >= 15 is 0 Å². The molecule has 0 heterocycles. The fourth-order valence-corrected chi connectivity index (χ4v) is 2.12. The first kappa shape index (κ1) is 16.0. The summed E-state index contributed by atoms with van der Waals surface area (Å²) in [6.45, 7) is 4.11. The van der Waals surface area contributed by atoms with Gasteiger partial charge in [0.15, 0.2) is 0 Å². The van der Waals surface area contributed by atoms with Crippen molar-refractivity contribution in [3.8, 4) is 5.75 Å². The molecule has 0 fully saturated rings. The summed E-state index contributed by atoms with van der Waals surface area (Å²) in [5, 5.41) is 8.81. The SMILES string of the molecule is CCN(C(=O)Cc1ccc(OC)cc1)C(C)CC(=O)O. The lowest BCUT2D eigenvalue weighted by Gasteiger charge is -2.27. The second-order valence-corrected chi connectivity index (χ2v) is 4.65. The van der Waals surface area contributed by atoms with Crippen molar-refractivity contribution in [1.82, 2.24) is 4.90 Å². The second-order valence-electron chi connectivity index (χ2n) is 4.65. The van der Waals surface area contributed by atoms with E-state index in [9.17, 15) is 9.59 Å². The summed E-state index contributed by atoms with van der Waals surface area (Å²) >= 11 is 0. The molecule has 0 aliphatic heterocycles. The molecule has 0 saturated carbocycles. The Bertz CT molecular complexity index is 455. The predicted molar refractivity (Wildman–Crippen MR) is 75.8 cm³/mol. The number of carboxylic acids is 1. The predicted octanol–water partition coefficient (Wildman–Crippen LogP) is 1.95. The molecule has 1 aromatic rings. The van der Waals surface area contributed by atoms with Crippen molar-refractivity contribution in [3.05, 3.63) is 29.8 Å². The molecule has 110 valence electrons. The van der Waals surface area contributed by atoms with Gasteiger partial charge in [-0.05, 0) is 31.5 Å². The third-order valence-corrected chi connectivity index (χ3v) is 3.18. The van der Waals surface area contributed by atoms with Crippen molar-refractivity contribution in [2.45, 2.75) is 32.7 Å². The number of carbonyl (C=O) groups excluding carboxylic acids is 1. The van der Waals surface area contributed by atoms with Gasteiger partial charge in [0, 0.05) is 12.6 Å². The standard InChI is InChI=1S/C15H21NO4/c1-4-16(11(2)9-15(18)19)14(17)10-12-5-7-13(20-3)8-6-12/h5-8,11H,4,9-10H2,1-3H3,(H,18,19). The third kappa shape index (κ3) is 4.57. The van der Waals surface area contributed by atoms with Gasteiger partial charge in [-0.1, -0.05) is 12.1 Å². The summed E-state index contributed by atoms with van der Waals surface area (Å²) in [5.74, 6) is -0.215. The molecule has 1 aromatic carbocycles. The van der Waals surface area contributed by atoms with E-state index in [1.54, 1.807) is 31.1 Å². The van der Waals surface area contributed by atoms with Gasteiger partial charge in [0.25, 0.3) is 0 Å². The Morgan fingerprint density at radius 1 is 1.30 bits per heavy atom. The maximum atomic E-state index is 12.2. The summed E-state index contributed by atoms with van der Waals surface area (Å²) in [6.07, 6.45) is 0.226. The maximum absolute atomic E-state index is 12.2. The molecule has 0 spiro atoms. The van der Waals surface area contributed by atoms with E-state index in [0.29, 0.717) is 6.54 Å². The van der Waals surface area contributed by atoms with E-state index in [1.807, 2.05) is 19.1 Å². The Morgan fingerprint density at radius 3 is 2.35 bits per heavy atom. The van der Waals surface area contributed by atoms with Crippen molar-refractivity contribution in [2.24, 2.45) is 0 Å². The normalized spacial score (nSPS) is 11.8. The van der Waals surface area contributed by atoms with Crippen molar-refractivity contribution >= 4 is 11.9 Å². The zero-order valence-corrected chi connectivity index (χ0v) is 12.1. The Balaban J connectivity index is 2.68. The van der Waals surface area contributed by atoms with E-state index in [-0.39, 0.29) is 24.8 Å². The monoisotopic (exact) mass is 279 g/mol. The summed E-state index contributed by atoms with van der Waals surface area (Å²) in [4.78, 5) is 24.5. The number of ether oxygens (including phenoxy) is 1. The highest BCUT2D eigenvalue weighted by molar-refractivity contribution is 5.80. The highest BCUT2D eigenvalue weighted by Crippen LogP contribution is 2.13. The summed E-state index contributed by atoms with van der Waals surface area (Å²) < 4.78 is 5.06. The van der Waals surface area contributed by atoms with Crippen LogP contribution in [-0.2, 0) is 16.0 Å². The molecule has 0 bridgehead atoms. The molecule has 0 aliphatic rings. The number of methoxy groups -OCH3 is 1. The molecular formula is C15H21NO4. The Kier molecular flexibility index (Phi) is 6.03. The molecule has 1 rings (SSSR count). The van der Waals surface area contributed by atoms with Gasteiger partial charge in [-0.3, -0.25) is 9.59 Å². The number of likely N-dealkylation sites (N-methyl/N-ethyl adjacent to an activating group) is 1. The molecule has 1 N–H and O–H groups in total. The number of rotatable bonds is 7. The first-order valence-corrected chi connectivity index (χ1v) is 6.62. The van der Waals surface area contributed by atoms with Crippen LogP contribution >= 0.6 is 0 Å². The number of hydrogen-bond acceptors (Lipinski definition) is 3. The van der Waals surface area contributed by atoms with E-state index in [0.717, 1.165) is 11.3 Å². The van der Waals surface area contributed by atoms with Crippen LogP contribution in [0.2, 0.25) is 0 Å². The van der Waals surface area contributed by atoms with Crippen LogP contribution in [0.15, 0.2) is 24.3 Å². The Hall–Kier alpha value is -2.04. The molecule has 20 heavy (non-hydrogen) atoms. The largest absolute Gasteiger partial charge is 0.497 e. The van der Waals surface area contributed by atoms with Gasteiger partial charge >= 0.3 is 5.97 Å². The molecule has 1 atom stereocenters. The van der Waals surface area contributed by atoms with Gasteiger partial charge in [-0.15, -0.1) is 0 Å². The molecule has 0 saturated heterocycles. The topological polar surface area (TPSA) is 66.8 Å². The minimum Gasteiger partial charge on any atom is -0.497 e. The molecule has 0 aliphatic carbocycles. The number of aliphatic carboxylic acids is 1. The minimum atomic E-state index is -0.895. The summed E-state index contributed by atoms with van der Waals surface area (Å²) in [6, 6.07) is 6.99.